The second kappa shape index (κ2) is 9.84. The van der Waals surface area contributed by atoms with E-state index < -0.39 is 55.3 Å². The van der Waals surface area contributed by atoms with Gasteiger partial charge in [-0.25, -0.2) is 9.78 Å². The number of thiazole rings is 1. The van der Waals surface area contributed by atoms with Crippen LogP contribution in [-0.2, 0) is 9.53 Å². The summed E-state index contributed by atoms with van der Waals surface area (Å²) in [5, 5.41) is 60.5. The zero-order valence-electron chi connectivity index (χ0n) is 17.5. The summed E-state index contributed by atoms with van der Waals surface area (Å²) in [5.41, 5.74) is 1.20. The fraction of sp³-hybridized carbons (Fsp3) is 0.364. The van der Waals surface area contributed by atoms with Gasteiger partial charge in [0.2, 0.25) is 0 Å². The number of para-hydroxylation sites is 1. The fourth-order valence-corrected chi connectivity index (χ4v) is 5.07. The maximum absolute atomic E-state index is 12.3. The first kappa shape index (κ1) is 24.9. The molecule has 34 heavy (non-hydrogen) atoms. The van der Waals surface area contributed by atoms with Crippen LogP contribution in [0.5, 0.6) is 5.75 Å². The van der Waals surface area contributed by atoms with Gasteiger partial charge in [-0.1, -0.05) is 28.1 Å². The van der Waals surface area contributed by atoms with Gasteiger partial charge in [-0.2, -0.15) is 0 Å². The molecule has 10 nitrogen and oxygen atoms in total. The Balaban J connectivity index is 1.75. The highest BCUT2D eigenvalue weighted by atomic mass is 79.9. The van der Waals surface area contributed by atoms with Crippen molar-refractivity contribution >= 4 is 43.5 Å². The molecule has 0 spiro atoms. The van der Waals surface area contributed by atoms with Crippen molar-refractivity contribution in [3.8, 4) is 16.3 Å². The van der Waals surface area contributed by atoms with Crippen LogP contribution < -0.4 is 4.74 Å². The number of carboxylic acid groups (broad SMARTS) is 1. The fourth-order valence-electron chi connectivity index (χ4n) is 3.72. The summed E-state index contributed by atoms with van der Waals surface area (Å²) in [6.07, 6.45) is -9.48. The Bertz CT molecular complexity index is 1160. The molecule has 0 aliphatic carbocycles. The largest absolute Gasteiger partial charge is 0.476 e. The smallest absolute Gasteiger partial charge is 0.377 e. The van der Waals surface area contributed by atoms with Gasteiger partial charge in [-0.15, -0.1) is 11.3 Å². The molecule has 0 radical (unpaired) electrons. The SMILES string of the molecule is O=C(O)[C@@]1(Oc2ccc(Br)cc2-c2nc3ccccc3s2)C[C@H](O)[C@@H](O)C([C@H](O)[C@H](O)CO)O1. The number of aromatic nitrogens is 1. The highest BCUT2D eigenvalue weighted by molar-refractivity contribution is 9.10. The van der Waals surface area contributed by atoms with Crippen LogP contribution in [0.2, 0.25) is 0 Å². The Labute approximate surface area is 205 Å². The van der Waals surface area contributed by atoms with E-state index in [4.69, 9.17) is 14.6 Å². The molecule has 182 valence electrons. The molecule has 6 atom stereocenters. The van der Waals surface area contributed by atoms with Gasteiger partial charge >= 0.3 is 11.8 Å². The lowest BCUT2D eigenvalue weighted by Gasteiger charge is -2.44. The third kappa shape index (κ3) is 4.68. The normalized spacial score (nSPS) is 26.8. The van der Waals surface area contributed by atoms with Crippen LogP contribution >= 0.6 is 27.3 Å². The Kier molecular flexibility index (Phi) is 7.22. The summed E-state index contributed by atoms with van der Waals surface area (Å²) in [5.74, 6) is -4.06. The number of halogens is 1. The van der Waals surface area contributed by atoms with E-state index >= 15 is 0 Å². The van der Waals surface area contributed by atoms with Crippen molar-refractivity contribution in [2.45, 2.75) is 42.7 Å². The molecular formula is C22H22BrNO9S. The number of aliphatic carboxylic acids is 1. The van der Waals surface area contributed by atoms with Crippen molar-refractivity contribution in [3.05, 3.63) is 46.9 Å². The van der Waals surface area contributed by atoms with Crippen LogP contribution in [0.3, 0.4) is 0 Å². The number of fused-ring (bicyclic) bond motifs is 1. The molecule has 0 amide bonds. The van der Waals surface area contributed by atoms with E-state index in [1.807, 2.05) is 24.3 Å². The van der Waals surface area contributed by atoms with Crippen LogP contribution in [0.1, 0.15) is 6.42 Å². The predicted molar refractivity (Wildman–Crippen MR) is 124 cm³/mol. The number of nitrogens with zero attached hydrogens (tertiary/aromatic N) is 1. The van der Waals surface area contributed by atoms with E-state index in [0.717, 1.165) is 10.2 Å². The number of hydrogen-bond acceptors (Lipinski definition) is 10. The highest BCUT2D eigenvalue weighted by Crippen LogP contribution is 2.41. The minimum Gasteiger partial charge on any atom is -0.476 e. The summed E-state index contributed by atoms with van der Waals surface area (Å²) in [7, 11) is 0. The van der Waals surface area contributed by atoms with Crippen LogP contribution in [0, 0.1) is 0 Å². The Morgan fingerprint density at radius 1 is 1.26 bits per heavy atom. The topological polar surface area (TPSA) is 170 Å². The molecule has 0 saturated carbocycles. The monoisotopic (exact) mass is 555 g/mol. The van der Waals surface area contributed by atoms with E-state index in [2.05, 4.69) is 20.9 Å². The number of carboxylic acids is 1. The molecule has 3 aromatic rings. The van der Waals surface area contributed by atoms with Gasteiger partial charge in [0.25, 0.3) is 0 Å². The average Bonchev–Trinajstić information content (AvgIpc) is 3.25. The van der Waals surface area contributed by atoms with Crippen LogP contribution in [0.4, 0.5) is 0 Å². The Morgan fingerprint density at radius 2 is 2.00 bits per heavy atom. The van der Waals surface area contributed by atoms with Gasteiger partial charge in [0.05, 0.1) is 34.9 Å². The van der Waals surface area contributed by atoms with Gasteiger partial charge in [-0.05, 0) is 30.3 Å². The van der Waals surface area contributed by atoms with Crippen molar-refractivity contribution in [1.29, 1.82) is 0 Å². The molecule has 0 bridgehead atoms. The molecule has 2 aromatic carbocycles. The van der Waals surface area contributed by atoms with Gasteiger partial charge in [0, 0.05) is 4.47 Å². The molecule has 1 aliphatic rings. The zero-order chi connectivity index (χ0) is 24.6. The van der Waals surface area contributed by atoms with Gasteiger partial charge in [0.15, 0.2) is 0 Å². The molecule has 1 fully saturated rings. The van der Waals surface area contributed by atoms with E-state index in [9.17, 15) is 30.3 Å². The van der Waals surface area contributed by atoms with Crippen LogP contribution in [0.25, 0.3) is 20.8 Å². The molecule has 1 unspecified atom stereocenters. The number of hydrogen-bond donors (Lipinski definition) is 6. The highest BCUT2D eigenvalue weighted by Gasteiger charge is 2.56. The minimum atomic E-state index is -2.52. The summed E-state index contributed by atoms with van der Waals surface area (Å²) in [6.45, 7) is -0.876. The standard InChI is InChI=1S/C22H22BrNO9S/c23-10-5-6-15(11(7-10)20-24-12-3-1-2-4-16(12)34-20)32-22(21(30)31)8-13(26)17(28)19(33-22)18(29)14(27)9-25/h1-7,13-14,17-19,25-29H,8-9H2,(H,30,31)/t13-,14+,17+,18+,19?,22+/m0/s1. The number of aliphatic hydroxyl groups excluding tert-OH is 5. The van der Waals surface area contributed by atoms with E-state index in [0.29, 0.717) is 15.0 Å². The molecule has 4 rings (SSSR count). The first-order valence-electron chi connectivity index (χ1n) is 10.2. The molecule has 1 saturated heterocycles. The Morgan fingerprint density at radius 3 is 2.68 bits per heavy atom. The van der Waals surface area contributed by atoms with Crippen molar-refractivity contribution in [2.75, 3.05) is 6.61 Å². The van der Waals surface area contributed by atoms with E-state index in [-0.39, 0.29) is 5.75 Å². The minimum absolute atomic E-state index is 0.0733. The van der Waals surface area contributed by atoms with E-state index in [1.165, 1.54) is 17.4 Å². The quantitative estimate of drug-likeness (QED) is 0.248. The van der Waals surface area contributed by atoms with Crippen molar-refractivity contribution in [2.24, 2.45) is 0 Å². The third-order valence-electron chi connectivity index (χ3n) is 5.52. The molecular weight excluding hydrogens is 534 g/mol. The van der Waals surface area contributed by atoms with E-state index in [1.54, 1.807) is 12.1 Å². The van der Waals surface area contributed by atoms with Crippen molar-refractivity contribution < 1.29 is 44.9 Å². The van der Waals surface area contributed by atoms with Gasteiger partial charge in [-0.3, -0.25) is 0 Å². The predicted octanol–water partition coefficient (Wildman–Crippen LogP) is 1.11. The summed E-state index contributed by atoms with van der Waals surface area (Å²) in [6, 6.07) is 12.3. The molecule has 12 heteroatoms. The summed E-state index contributed by atoms with van der Waals surface area (Å²) < 4.78 is 12.9. The lowest BCUT2D eigenvalue weighted by Crippen LogP contribution is -2.65. The summed E-state index contributed by atoms with van der Waals surface area (Å²) >= 11 is 4.76. The Hall–Kier alpha value is -2.16. The second-order valence-electron chi connectivity index (χ2n) is 7.87. The number of carbonyl (C=O) groups is 1. The molecule has 1 aromatic heterocycles. The molecule has 1 aliphatic heterocycles. The number of benzene rings is 2. The number of ether oxygens (including phenoxy) is 2. The lowest BCUT2D eigenvalue weighted by molar-refractivity contribution is -0.303. The second-order valence-corrected chi connectivity index (χ2v) is 9.82. The molecule has 6 N–H and O–H groups in total. The van der Waals surface area contributed by atoms with Gasteiger partial charge < -0.3 is 40.1 Å². The summed E-state index contributed by atoms with van der Waals surface area (Å²) in [4.78, 5) is 16.9. The zero-order valence-corrected chi connectivity index (χ0v) is 19.9. The maximum atomic E-state index is 12.3. The molecule has 2 heterocycles. The average molecular weight is 556 g/mol. The van der Waals surface area contributed by atoms with Crippen molar-refractivity contribution in [1.82, 2.24) is 4.98 Å². The van der Waals surface area contributed by atoms with Gasteiger partial charge in [0.1, 0.15) is 35.2 Å². The lowest BCUT2D eigenvalue weighted by atomic mass is 9.90. The maximum Gasteiger partial charge on any atom is 0.377 e. The third-order valence-corrected chi connectivity index (χ3v) is 7.08. The number of aliphatic hydroxyl groups is 5. The first-order valence-corrected chi connectivity index (χ1v) is 11.8. The first-order chi connectivity index (χ1) is 16.1. The number of rotatable bonds is 7. The van der Waals surface area contributed by atoms with Crippen LogP contribution in [-0.4, -0.2) is 84.5 Å². The van der Waals surface area contributed by atoms with Crippen molar-refractivity contribution in [3.63, 3.8) is 0 Å². The van der Waals surface area contributed by atoms with Crippen LogP contribution in [0.15, 0.2) is 46.9 Å².